The molecular formula is C8H6BrF3. The second kappa shape index (κ2) is 3.47. The monoisotopic (exact) mass is 238 g/mol. The van der Waals surface area contributed by atoms with E-state index in [2.05, 4.69) is 15.9 Å². The number of rotatable bonds is 1. The fraction of sp³-hybridized carbons (Fsp3) is 0.250. The van der Waals surface area contributed by atoms with E-state index < -0.39 is 17.5 Å². The van der Waals surface area contributed by atoms with Gasteiger partial charge in [0.05, 0.1) is 0 Å². The van der Waals surface area contributed by atoms with Gasteiger partial charge in [-0.3, -0.25) is 0 Å². The number of alkyl halides is 1. The molecule has 1 rings (SSSR count). The molecule has 0 saturated carbocycles. The van der Waals surface area contributed by atoms with Crippen molar-refractivity contribution in [2.75, 3.05) is 0 Å². The molecule has 66 valence electrons. The maximum absolute atomic E-state index is 13.0. The molecule has 0 spiro atoms. The van der Waals surface area contributed by atoms with Gasteiger partial charge in [0.2, 0.25) is 0 Å². The van der Waals surface area contributed by atoms with Crippen LogP contribution in [0.2, 0.25) is 0 Å². The summed E-state index contributed by atoms with van der Waals surface area (Å²) in [6.07, 6.45) is 0. The van der Waals surface area contributed by atoms with Crippen molar-refractivity contribution in [1.29, 1.82) is 0 Å². The predicted octanol–water partition coefficient (Wildman–Crippen LogP) is 3.31. The fourth-order valence-corrected chi connectivity index (χ4v) is 1.40. The molecule has 4 heteroatoms. The van der Waals surface area contributed by atoms with E-state index >= 15 is 0 Å². The molecule has 0 aliphatic carbocycles. The van der Waals surface area contributed by atoms with Gasteiger partial charge in [-0.25, -0.2) is 13.2 Å². The van der Waals surface area contributed by atoms with Gasteiger partial charge in [-0.2, -0.15) is 0 Å². The van der Waals surface area contributed by atoms with Gasteiger partial charge < -0.3 is 0 Å². The summed E-state index contributed by atoms with van der Waals surface area (Å²) in [7, 11) is 0. The molecule has 0 fully saturated rings. The zero-order valence-corrected chi connectivity index (χ0v) is 7.88. The van der Waals surface area contributed by atoms with E-state index in [4.69, 9.17) is 0 Å². The van der Waals surface area contributed by atoms with Gasteiger partial charge in [0.15, 0.2) is 11.6 Å². The summed E-state index contributed by atoms with van der Waals surface area (Å²) in [6, 6.07) is 0.844. The Balaban J connectivity index is 3.42. The normalized spacial score (nSPS) is 10.4. The van der Waals surface area contributed by atoms with Crippen molar-refractivity contribution in [2.45, 2.75) is 12.3 Å². The lowest BCUT2D eigenvalue weighted by Crippen LogP contribution is -1.99. The smallest absolute Gasteiger partial charge is 0.165 e. The van der Waals surface area contributed by atoms with Crippen LogP contribution in [0.3, 0.4) is 0 Å². The molecule has 0 amide bonds. The number of benzene rings is 1. The lowest BCUT2D eigenvalue weighted by molar-refractivity contribution is 0.482. The molecule has 0 unspecified atom stereocenters. The van der Waals surface area contributed by atoms with Crippen molar-refractivity contribution in [3.63, 3.8) is 0 Å². The lowest BCUT2D eigenvalue weighted by Gasteiger charge is -2.04. The van der Waals surface area contributed by atoms with E-state index in [0.29, 0.717) is 0 Å². The highest BCUT2D eigenvalue weighted by Gasteiger charge is 2.14. The van der Waals surface area contributed by atoms with Gasteiger partial charge in [-0.1, -0.05) is 15.9 Å². The summed E-state index contributed by atoms with van der Waals surface area (Å²) in [4.78, 5) is 0. The molecule has 0 N–H and O–H groups in total. The average Bonchev–Trinajstić information content (AvgIpc) is 2.02. The van der Waals surface area contributed by atoms with Gasteiger partial charge in [-0.05, 0) is 18.6 Å². The number of halogens is 4. The van der Waals surface area contributed by atoms with E-state index in [0.717, 1.165) is 6.07 Å². The van der Waals surface area contributed by atoms with Crippen molar-refractivity contribution in [3.8, 4) is 0 Å². The molecule has 0 nitrogen and oxygen atoms in total. The quantitative estimate of drug-likeness (QED) is 0.521. The van der Waals surface area contributed by atoms with Crippen molar-refractivity contribution < 1.29 is 13.2 Å². The fourth-order valence-electron chi connectivity index (χ4n) is 0.913. The Kier molecular flexibility index (Phi) is 2.77. The molecule has 1 aromatic rings. The van der Waals surface area contributed by atoms with Crippen LogP contribution in [0.25, 0.3) is 0 Å². The topological polar surface area (TPSA) is 0 Å². The highest BCUT2D eigenvalue weighted by Crippen LogP contribution is 2.21. The summed E-state index contributed by atoms with van der Waals surface area (Å²) in [5, 5.41) is -0.0245. The van der Waals surface area contributed by atoms with Gasteiger partial charge >= 0.3 is 0 Å². The minimum absolute atomic E-state index is 0.0245. The first-order valence-corrected chi connectivity index (χ1v) is 4.39. The average molecular weight is 239 g/mol. The van der Waals surface area contributed by atoms with E-state index in [-0.39, 0.29) is 16.5 Å². The van der Waals surface area contributed by atoms with Crippen LogP contribution in [-0.4, -0.2) is 0 Å². The van der Waals surface area contributed by atoms with Gasteiger partial charge in [0, 0.05) is 10.9 Å². The van der Waals surface area contributed by atoms with Crippen LogP contribution in [0.15, 0.2) is 6.07 Å². The molecule has 12 heavy (non-hydrogen) atoms. The Morgan fingerprint density at radius 2 is 1.83 bits per heavy atom. The summed E-state index contributed by atoms with van der Waals surface area (Å²) in [5.41, 5.74) is -0.143. The maximum Gasteiger partial charge on any atom is 0.165 e. The highest BCUT2D eigenvalue weighted by atomic mass is 79.9. The Labute approximate surface area is 76.5 Å². The van der Waals surface area contributed by atoms with Gasteiger partial charge in [0.1, 0.15) is 5.82 Å². The maximum atomic E-state index is 13.0. The van der Waals surface area contributed by atoms with E-state index in [9.17, 15) is 13.2 Å². The number of aryl methyl sites for hydroxylation is 1. The van der Waals surface area contributed by atoms with E-state index in [1.165, 1.54) is 6.92 Å². The van der Waals surface area contributed by atoms with Crippen molar-refractivity contribution in [3.05, 3.63) is 34.6 Å². The third-order valence-electron chi connectivity index (χ3n) is 1.56. The standard InChI is InChI=1S/C8H6BrF3/c1-4-2-6(10)8(12)5(3-9)7(4)11/h2H,3H2,1H3. The Bertz CT molecular complexity index is 283. The van der Waals surface area contributed by atoms with Crippen LogP contribution in [0.1, 0.15) is 11.1 Å². The Morgan fingerprint density at radius 1 is 1.25 bits per heavy atom. The van der Waals surface area contributed by atoms with Crippen LogP contribution < -0.4 is 0 Å². The Hall–Kier alpha value is -0.510. The van der Waals surface area contributed by atoms with Gasteiger partial charge in [0.25, 0.3) is 0 Å². The molecule has 0 bridgehead atoms. The molecule has 0 saturated heterocycles. The molecule has 0 aliphatic heterocycles. The largest absolute Gasteiger partial charge is 0.206 e. The van der Waals surface area contributed by atoms with Crippen molar-refractivity contribution >= 4 is 15.9 Å². The summed E-state index contributed by atoms with van der Waals surface area (Å²) >= 11 is 2.88. The summed E-state index contributed by atoms with van der Waals surface area (Å²) in [6.45, 7) is 1.39. The molecule has 0 aliphatic rings. The van der Waals surface area contributed by atoms with E-state index in [1.807, 2.05) is 0 Å². The first-order chi connectivity index (χ1) is 5.57. The molecule has 0 aromatic heterocycles. The Morgan fingerprint density at radius 3 is 2.33 bits per heavy atom. The first kappa shape index (κ1) is 9.58. The summed E-state index contributed by atoms with van der Waals surface area (Å²) in [5.74, 6) is -2.82. The first-order valence-electron chi connectivity index (χ1n) is 3.27. The molecule has 0 radical (unpaired) electrons. The predicted molar refractivity (Wildman–Crippen MR) is 43.7 cm³/mol. The van der Waals surface area contributed by atoms with Crippen LogP contribution in [0.5, 0.6) is 0 Å². The minimum atomic E-state index is -1.12. The third-order valence-corrected chi connectivity index (χ3v) is 2.12. The molecule has 0 heterocycles. The van der Waals surface area contributed by atoms with Crippen molar-refractivity contribution in [2.24, 2.45) is 0 Å². The second-order valence-corrected chi connectivity index (χ2v) is 2.98. The highest BCUT2D eigenvalue weighted by molar-refractivity contribution is 9.08. The lowest BCUT2D eigenvalue weighted by atomic mass is 10.1. The zero-order chi connectivity index (χ0) is 9.30. The number of hydrogen-bond donors (Lipinski definition) is 0. The molecule has 0 atom stereocenters. The van der Waals surface area contributed by atoms with Crippen LogP contribution >= 0.6 is 15.9 Å². The SMILES string of the molecule is Cc1cc(F)c(F)c(CBr)c1F. The van der Waals surface area contributed by atoms with Crippen LogP contribution in [0, 0.1) is 24.4 Å². The molecule has 1 aromatic carbocycles. The van der Waals surface area contributed by atoms with Gasteiger partial charge in [-0.15, -0.1) is 0 Å². The minimum Gasteiger partial charge on any atom is -0.206 e. The van der Waals surface area contributed by atoms with Crippen LogP contribution in [-0.2, 0) is 5.33 Å². The van der Waals surface area contributed by atoms with Crippen LogP contribution in [0.4, 0.5) is 13.2 Å². The zero-order valence-electron chi connectivity index (χ0n) is 6.30. The summed E-state index contributed by atoms with van der Waals surface area (Å²) < 4.78 is 38.4. The van der Waals surface area contributed by atoms with E-state index in [1.54, 1.807) is 0 Å². The van der Waals surface area contributed by atoms with Crippen molar-refractivity contribution in [1.82, 2.24) is 0 Å². The third kappa shape index (κ3) is 1.48. The molecular weight excluding hydrogens is 233 g/mol. The second-order valence-electron chi connectivity index (χ2n) is 2.42. The number of hydrogen-bond acceptors (Lipinski definition) is 0.